The lowest BCUT2D eigenvalue weighted by molar-refractivity contribution is 0.307. The number of para-hydroxylation sites is 1. The molecule has 3 heteroatoms. The molecule has 0 N–H and O–H groups in total. The maximum absolute atomic E-state index is 10.8. The molecule has 0 atom stereocenters. The average Bonchev–Trinajstić information content (AvgIpc) is 2.29. The second kappa shape index (κ2) is 7.42. The Morgan fingerprint density at radius 3 is 2.73 bits per heavy atom. The molecule has 1 aromatic rings. The minimum absolute atomic E-state index is 0.0274. The molecule has 0 bridgehead atoms. The molecule has 0 spiro atoms. The predicted octanol–water partition coefficient (Wildman–Crippen LogP) is 3.56. The van der Waals surface area contributed by atoms with Crippen molar-refractivity contribution in [3.8, 4) is 5.75 Å². The third kappa shape index (κ3) is 4.44. The predicted molar refractivity (Wildman–Crippen MR) is 63.3 cm³/mol. The standard InChI is InChI=1S/C12H17O2P/c1-2-3-4-7-10-14-11-8-5-6-9-12(11)15-13/h5-6,8-9H,2-4,7,10H2,1H3. The first kappa shape index (κ1) is 12.2. The maximum Gasteiger partial charge on any atom is 0.196 e. The molecule has 0 saturated heterocycles. The Morgan fingerprint density at radius 2 is 2.00 bits per heavy atom. The van der Waals surface area contributed by atoms with Crippen LogP contribution >= 0.6 is 8.46 Å². The maximum atomic E-state index is 10.8. The fourth-order valence-electron chi connectivity index (χ4n) is 1.37. The molecule has 1 rings (SSSR count). The van der Waals surface area contributed by atoms with Crippen molar-refractivity contribution >= 4 is 13.8 Å². The normalized spacial score (nSPS) is 10.5. The van der Waals surface area contributed by atoms with Crippen molar-refractivity contribution in [3.05, 3.63) is 24.3 Å². The molecule has 0 radical (unpaired) electrons. The van der Waals surface area contributed by atoms with E-state index >= 15 is 0 Å². The van der Waals surface area contributed by atoms with E-state index in [1.165, 1.54) is 19.3 Å². The van der Waals surface area contributed by atoms with E-state index in [1.54, 1.807) is 0 Å². The molecule has 0 unspecified atom stereocenters. The van der Waals surface area contributed by atoms with Crippen LogP contribution in [0, 0.1) is 0 Å². The summed E-state index contributed by atoms with van der Waals surface area (Å²) in [5.41, 5.74) is 0. The Hall–Kier alpha value is -0.880. The molecule has 0 aliphatic rings. The fraction of sp³-hybridized carbons (Fsp3) is 0.500. The monoisotopic (exact) mass is 224 g/mol. The minimum Gasteiger partial charge on any atom is -0.492 e. The first-order chi connectivity index (χ1) is 7.38. The first-order valence-corrected chi connectivity index (χ1v) is 6.25. The molecule has 0 saturated carbocycles. The van der Waals surface area contributed by atoms with Gasteiger partial charge in [-0.1, -0.05) is 38.3 Å². The van der Waals surface area contributed by atoms with Crippen molar-refractivity contribution in [2.24, 2.45) is 0 Å². The van der Waals surface area contributed by atoms with E-state index < -0.39 is 0 Å². The Balaban J connectivity index is 2.33. The van der Waals surface area contributed by atoms with Crippen LogP contribution in [0.2, 0.25) is 0 Å². The van der Waals surface area contributed by atoms with Crippen molar-refractivity contribution in [2.75, 3.05) is 6.61 Å². The zero-order valence-corrected chi connectivity index (χ0v) is 10.0. The molecular formula is C12H17O2P. The van der Waals surface area contributed by atoms with E-state index in [0.717, 1.165) is 17.5 Å². The summed E-state index contributed by atoms with van der Waals surface area (Å²) in [5, 5.41) is 0.730. The van der Waals surface area contributed by atoms with Gasteiger partial charge >= 0.3 is 0 Å². The third-order valence-corrected chi connectivity index (χ3v) is 2.79. The lowest BCUT2D eigenvalue weighted by atomic mass is 10.2. The van der Waals surface area contributed by atoms with Gasteiger partial charge in [0.05, 0.1) is 11.9 Å². The van der Waals surface area contributed by atoms with Gasteiger partial charge in [0.1, 0.15) is 5.75 Å². The van der Waals surface area contributed by atoms with Gasteiger partial charge < -0.3 is 4.74 Å². The smallest absolute Gasteiger partial charge is 0.196 e. The number of rotatable bonds is 7. The van der Waals surface area contributed by atoms with Crippen molar-refractivity contribution in [1.29, 1.82) is 0 Å². The highest BCUT2D eigenvalue weighted by molar-refractivity contribution is 7.34. The summed E-state index contributed by atoms with van der Waals surface area (Å²) in [6.45, 7) is 2.90. The summed E-state index contributed by atoms with van der Waals surface area (Å²) in [4.78, 5) is 0. The first-order valence-electron chi connectivity index (χ1n) is 5.43. The highest BCUT2D eigenvalue weighted by Crippen LogP contribution is 2.13. The lowest BCUT2D eigenvalue weighted by Gasteiger charge is -2.06. The van der Waals surface area contributed by atoms with Crippen LogP contribution in [0.15, 0.2) is 24.3 Å². The quantitative estimate of drug-likeness (QED) is 0.523. The van der Waals surface area contributed by atoms with Crippen LogP contribution in [0.25, 0.3) is 0 Å². The molecule has 15 heavy (non-hydrogen) atoms. The molecule has 0 amide bonds. The number of hydrogen-bond donors (Lipinski definition) is 0. The van der Waals surface area contributed by atoms with Gasteiger partial charge in [-0.3, -0.25) is 4.57 Å². The van der Waals surface area contributed by atoms with Gasteiger partial charge in [0.15, 0.2) is 8.46 Å². The van der Waals surface area contributed by atoms with Gasteiger partial charge in [0.2, 0.25) is 0 Å². The summed E-state index contributed by atoms with van der Waals surface area (Å²) >= 11 is 0. The van der Waals surface area contributed by atoms with Crippen LogP contribution in [-0.2, 0) is 4.57 Å². The van der Waals surface area contributed by atoms with E-state index in [-0.39, 0.29) is 8.46 Å². The Morgan fingerprint density at radius 1 is 1.20 bits per heavy atom. The summed E-state index contributed by atoms with van der Waals surface area (Å²) in [6, 6.07) is 7.44. The van der Waals surface area contributed by atoms with Gasteiger partial charge in [-0.25, -0.2) is 0 Å². The number of unbranched alkanes of at least 4 members (excludes halogenated alkanes) is 3. The highest BCUT2D eigenvalue weighted by Gasteiger charge is 2.01. The molecule has 2 nitrogen and oxygen atoms in total. The largest absolute Gasteiger partial charge is 0.492 e. The summed E-state index contributed by atoms with van der Waals surface area (Å²) in [5.74, 6) is 0.741. The molecule has 1 aromatic carbocycles. The van der Waals surface area contributed by atoms with Crippen molar-refractivity contribution < 1.29 is 9.30 Å². The zero-order valence-electron chi connectivity index (χ0n) is 9.11. The molecule has 82 valence electrons. The van der Waals surface area contributed by atoms with E-state index in [4.69, 9.17) is 4.74 Å². The highest BCUT2D eigenvalue weighted by atomic mass is 31.1. The van der Waals surface area contributed by atoms with E-state index in [0.29, 0.717) is 6.61 Å². The molecule has 0 fully saturated rings. The van der Waals surface area contributed by atoms with E-state index in [9.17, 15) is 4.57 Å². The fourth-order valence-corrected chi connectivity index (χ4v) is 1.74. The van der Waals surface area contributed by atoms with Crippen LogP contribution in [-0.4, -0.2) is 6.61 Å². The van der Waals surface area contributed by atoms with E-state index in [1.807, 2.05) is 24.3 Å². The summed E-state index contributed by atoms with van der Waals surface area (Å²) in [6.07, 6.45) is 4.76. The molecule has 0 aliphatic carbocycles. The third-order valence-electron chi connectivity index (χ3n) is 2.22. The number of hydrogen-bond acceptors (Lipinski definition) is 2. The van der Waals surface area contributed by atoms with Crippen LogP contribution in [0.5, 0.6) is 5.75 Å². The van der Waals surface area contributed by atoms with Crippen LogP contribution in [0.4, 0.5) is 0 Å². The van der Waals surface area contributed by atoms with Crippen molar-refractivity contribution in [3.63, 3.8) is 0 Å². The Kier molecular flexibility index (Phi) is 6.03. The minimum atomic E-state index is 0.0274. The molecule has 0 heterocycles. The zero-order chi connectivity index (χ0) is 10.9. The van der Waals surface area contributed by atoms with Gasteiger partial charge in [-0.2, -0.15) is 0 Å². The van der Waals surface area contributed by atoms with E-state index in [2.05, 4.69) is 6.92 Å². The summed E-state index contributed by atoms with van der Waals surface area (Å²) in [7, 11) is 0.0274. The Labute approximate surface area is 92.9 Å². The lowest BCUT2D eigenvalue weighted by Crippen LogP contribution is -2.04. The topological polar surface area (TPSA) is 26.3 Å². The second-order valence-electron chi connectivity index (χ2n) is 3.47. The number of ether oxygens (including phenoxy) is 1. The molecular weight excluding hydrogens is 207 g/mol. The Bertz CT molecular complexity index is 299. The SMILES string of the molecule is CCCCCCOc1ccccc1P=O. The molecule has 0 aromatic heterocycles. The average molecular weight is 224 g/mol. The van der Waals surface area contributed by atoms with Gasteiger partial charge in [-0.05, 0) is 18.6 Å². The van der Waals surface area contributed by atoms with Crippen molar-refractivity contribution in [1.82, 2.24) is 0 Å². The van der Waals surface area contributed by atoms with Crippen LogP contribution in [0.1, 0.15) is 32.6 Å². The van der Waals surface area contributed by atoms with Crippen LogP contribution in [0.3, 0.4) is 0 Å². The van der Waals surface area contributed by atoms with Crippen LogP contribution < -0.4 is 10.0 Å². The second-order valence-corrected chi connectivity index (χ2v) is 4.13. The molecule has 0 aliphatic heterocycles. The summed E-state index contributed by atoms with van der Waals surface area (Å²) < 4.78 is 16.3. The van der Waals surface area contributed by atoms with Crippen molar-refractivity contribution in [2.45, 2.75) is 32.6 Å². The number of benzene rings is 1. The van der Waals surface area contributed by atoms with Gasteiger partial charge in [0.25, 0.3) is 0 Å². The van der Waals surface area contributed by atoms with Gasteiger partial charge in [0, 0.05) is 0 Å². The van der Waals surface area contributed by atoms with Gasteiger partial charge in [-0.15, -0.1) is 0 Å².